The summed E-state index contributed by atoms with van der Waals surface area (Å²) in [6.45, 7) is -0.909. The molecular formula is C10H7Br2F2NO2. The Bertz CT molecular complexity index is 447. The molecule has 1 aromatic carbocycles. The third kappa shape index (κ3) is 2.77. The van der Waals surface area contributed by atoms with Gasteiger partial charge in [-0.15, -0.1) is 0 Å². The number of nitrogens with one attached hydrogen (secondary N) is 1. The number of carbonyl (C=O) groups excluding carboxylic acids is 1. The van der Waals surface area contributed by atoms with Crippen LogP contribution in [-0.2, 0) is 4.74 Å². The van der Waals surface area contributed by atoms with Gasteiger partial charge in [0.25, 0.3) is 0 Å². The highest BCUT2D eigenvalue weighted by molar-refractivity contribution is 9.11. The Morgan fingerprint density at radius 1 is 1.29 bits per heavy atom. The van der Waals surface area contributed by atoms with Crippen LogP contribution in [0.1, 0.15) is 11.6 Å². The van der Waals surface area contributed by atoms with Gasteiger partial charge in [0.05, 0.1) is 0 Å². The molecule has 1 N–H and O–H groups in total. The van der Waals surface area contributed by atoms with Gasteiger partial charge in [0.1, 0.15) is 6.04 Å². The highest BCUT2D eigenvalue weighted by Gasteiger charge is 2.46. The Balaban J connectivity index is 2.39. The largest absolute Gasteiger partial charge is 0.443 e. The molecule has 0 bridgehead atoms. The van der Waals surface area contributed by atoms with E-state index in [-0.39, 0.29) is 0 Å². The summed E-state index contributed by atoms with van der Waals surface area (Å²) in [5.41, 5.74) is 0.313. The zero-order chi connectivity index (χ0) is 12.6. The molecule has 0 aliphatic carbocycles. The lowest BCUT2D eigenvalue weighted by Crippen LogP contribution is -2.49. The number of alkyl halides is 2. The van der Waals surface area contributed by atoms with E-state index in [1.165, 1.54) is 12.1 Å². The van der Waals surface area contributed by atoms with Crippen LogP contribution in [0, 0.1) is 0 Å². The Kier molecular flexibility index (Phi) is 3.40. The zero-order valence-corrected chi connectivity index (χ0v) is 11.5. The standard InChI is InChI=1S/C10H7Br2F2NO2/c11-6-1-5(2-7(12)3-6)8-10(13,14)4-17-9(16)15-8/h1-3,8H,4H2,(H,15,16)/t8-/m0/s1. The zero-order valence-electron chi connectivity index (χ0n) is 8.34. The van der Waals surface area contributed by atoms with Crippen molar-refractivity contribution in [2.75, 3.05) is 6.61 Å². The van der Waals surface area contributed by atoms with Crippen molar-refractivity contribution >= 4 is 38.0 Å². The van der Waals surface area contributed by atoms with Crippen molar-refractivity contribution in [1.82, 2.24) is 5.32 Å². The molecule has 3 nitrogen and oxygen atoms in total. The third-order valence-electron chi connectivity index (χ3n) is 2.30. The Hall–Kier alpha value is -0.690. The molecule has 92 valence electrons. The Labute approximate surface area is 113 Å². The summed E-state index contributed by atoms with van der Waals surface area (Å²) in [5, 5.41) is 2.12. The first-order chi connectivity index (χ1) is 7.88. The first kappa shape index (κ1) is 12.8. The molecule has 0 radical (unpaired) electrons. The van der Waals surface area contributed by atoms with Gasteiger partial charge in [-0.05, 0) is 23.8 Å². The molecule has 0 spiro atoms. The number of carbonyl (C=O) groups is 1. The van der Waals surface area contributed by atoms with Gasteiger partial charge in [0, 0.05) is 8.95 Å². The van der Waals surface area contributed by atoms with Crippen molar-refractivity contribution in [1.29, 1.82) is 0 Å². The Morgan fingerprint density at radius 3 is 2.47 bits per heavy atom. The number of ether oxygens (including phenoxy) is 1. The summed E-state index contributed by atoms with van der Waals surface area (Å²) in [7, 11) is 0. The maximum absolute atomic E-state index is 13.6. The number of halogens is 4. The summed E-state index contributed by atoms with van der Waals surface area (Å²) in [6, 6.07) is 3.42. The van der Waals surface area contributed by atoms with E-state index in [9.17, 15) is 13.6 Å². The Morgan fingerprint density at radius 2 is 1.88 bits per heavy atom. The molecule has 1 fully saturated rings. The van der Waals surface area contributed by atoms with Gasteiger partial charge in [-0.25, -0.2) is 13.6 Å². The summed E-state index contributed by atoms with van der Waals surface area (Å²) >= 11 is 6.43. The SMILES string of the molecule is O=C1N[C@@H](c2cc(Br)cc(Br)c2)C(F)(F)CO1. The molecular weight excluding hydrogens is 364 g/mol. The molecule has 1 amide bonds. The van der Waals surface area contributed by atoms with Gasteiger partial charge in [0.15, 0.2) is 6.61 Å². The molecule has 7 heteroatoms. The maximum atomic E-state index is 13.6. The average molecular weight is 371 g/mol. The van der Waals surface area contributed by atoms with E-state index in [1.54, 1.807) is 6.07 Å². The predicted molar refractivity (Wildman–Crippen MR) is 64.0 cm³/mol. The van der Waals surface area contributed by atoms with Crippen molar-refractivity contribution in [2.24, 2.45) is 0 Å². The predicted octanol–water partition coefficient (Wildman–Crippen LogP) is 3.63. The van der Waals surface area contributed by atoms with Crippen LogP contribution in [0.4, 0.5) is 13.6 Å². The average Bonchev–Trinajstić information content (AvgIpc) is 2.20. The summed E-state index contributed by atoms with van der Waals surface area (Å²) in [5.74, 6) is -3.13. The van der Waals surface area contributed by atoms with Gasteiger partial charge in [-0.1, -0.05) is 31.9 Å². The van der Waals surface area contributed by atoms with E-state index in [0.29, 0.717) is 14.5 Å². The first-order valence-electron chi connectivity index (χ1n) is 4.65. The van der Waals surface area contributed by atoms with Crippen LogP contribution in [0.25, 0.3) is 0 Å². The van der Waals surface area contributed by atoms with E-state index >= 15 is 0 Å². The van der Waals surface area contributed by atoms with Crippen LogP contribution in [0.2, 0.25) is 0 Å². The topological polar surface area (TPSA) is 38.3 Å². The van der Waals surface area contributed by atoms with Crippen molar-refractivity contribution < 1.29 is 18.3 Å². The molecule has 1 aromatic rings. The minimum Gasteiger partial charge on any atom is -0.443 e. The van der Waals surface area contributed by atoms with Crippen LogP contribution < -0.4 is 5.32 Å². The van der Waals surface area contributed by atoms with E-state index in [1.807, 2.05) is 0 Å². The van der Waals surface area contributed by atoms with E-state index in [0.717, 1.165) is 0 Å². The summed E-state index contributed by atoms with van der Waals surface area (Å²) in [6.07, 6.45) is -0.836. The molecule has 1 saturated heterocycles. The molecule has 0 unspecified atom stereocenters. The van der Waals surface area contributed by atoms with Gasteiger partial charge in [0.2, 0.25) is 0 Å². The van der Waals surface area contributed by atoms with Crippen molar-refractivity contribution in [3.8, 4) is 0 Å². The maximum Gasteiger partial charge on any atom is 0.408 e. The lowest BCUT2D eigenvalue weighted by molar-refractivity contribution is -0.104. The van der Waals surface area contributed by atoms with Crippen LogP contribution in [0.3, 0.4) is 0 Å². The minimum atomic E-state index is -3.13. The second kappa shape index (κ2) is 4.53. The fourth-order valence-electron chi connectivity index (χ4n) is 1.58. The van der Waals surface area contributed by atoms with Gasteiger partial charge >= 0.3 is 12.0 Å². The highest BCUT2D eigenvalue weighted by atomic mass is 79.9. The normalized spacial score (nSPS) is 22.8. The number of cyclic esters (lactones) is 1. The molecule has 0 saturated carbocycles. The highest BCUT2D eigenvalue weighted by Crippen LogP contribution is 2.36. The van der Waals surface area contributed by atoms with E-state index in [2.05, 4.69) is 41.9 Å². The minimum absolute atomic E-state index is 0.313. The first-order valence-corrected chi connectivity index (χ1v) is 6.24. The van der Waals surface area contributed by atoms with Crippen LogP contribution in [-0.4, -0.2) is 18.6 Å². The second-order valence-corrected chi connectivity index (χ2v) is 5.45. The van der Waals surface area contributed by atoms with Crippen molar-refractivity contribution in [3.05, 3.63) is 32.7 Å². The number of alkyl carbamates (subject to hydrolysis) is 1. The van der Waals surface area contributed by atoms with Crippen LogP contribution >= 0.6 is 31.9 Å². The van der Waals surface area contributed by atoms with E-state index < -0.39 is 24.7 Å². The number of amides is 1. The number of hydrogen-bond donors (Lipinski definition) is 1. The fraction of sp³-hybridized carbons (Fsp3) is 0.300. The van der Waals surface area contributed by atoms with Gasteiger partial charge < -0.3 is 10.1 Å². The van der Waals surface area contributed by atoms with Crippen LogP contribution in [0.5, 0.6) is 0 Å². The fourth-order valence-corrected chi connectivity index (χ4v) is 2.91. The van der Waals surface area contributed by atoms with Gasteiger partial charge in [-0.3, -0.25) is 0 Å². The van der Waals surface area contributed by atoms with Crippen molar-refractivity contribution in [2.45, 2.75) is 12.0 Å². The van der Waals surface area contributed by atoms with Crippen LogP contribution in [0.15, 0.2) is 27.1 Å². The van der Waals surface area contributed by atoms with E-state index in [4.69, 9.17) is 0 Å². The smallest absolute Gasteiger partial charge is 0.408 e. The third-order valence-corrected chi connectivity index (χ3v) is 3.21. The molecule has 1 heterocycles. The molecule has 1 aliphatic heterocycles. The molecule has 1 atom stereocenters. The number of benzene rings is 1. The molecule has 0 aromatic heterocycles. The van der Waals surface area contributed by atoms with Gasteiger partial charge in [-0.2, -0.15) is 0 Å². The number of hydrogen-bond acceptors (Lipinski definition) is 2. The number of rotatable bonds is 1. The molecule has 17 heavy (non-hydrogen) atoms. The lowest BCUT2D eigenvalue weighted by atomic mass is 10.0. The molecule has 2 rings (SSSR count). The molecule has 1 aliphatic rings. The quantitative estimate of drug-likeness (QED) is 0.819. The second-order valence-electron chi connectivity index (χ2n) is 3.62. The lowest BCUT2D eigenvalue weighted by Gasteiger charge is -2.32. The monoisotopic (exact) mass is 369 g/mol. The summed E-state index contributed by atoms with van der Waals surface area (Å²) < 4.78 is 32.8. The summed E-state index contributed by atoms with van der Waals surface area (Å²) in [4.78, 5) is 11.0. The van der Waals surface area contributed by atoms with Crippen molar-refractivity contribution in [3.63, 3.8) is 0 Å².